The van der Waals surface area contributed by atoms with E-state index in [-0.39, 0.29) is 28.9 Å². The average Bonchev–Trinajstić information content (AvgIpc) is 3.12. The molecule has 3 aromatic rings. The van der Waals surface area contributed by atoms with Crippen molar-refractivity contribution in [1.82, 2.24) is 10.1 Å². The summed E-state index contributed by atoms with van der Waals surface area (Å²) in [6.07, 6.45) is 0. The number of carbonyl (C=O) groups is 1. The lowest BCUT2D eigenvalue weighted by Crippen LogP contribution is -2.07. The molecule has 0 atom stereocenters. The van der Waals surface area contributed by atoms with Gasteiger partial charge in [-0.05, 0) is 24.3 Å². The molecule has 0 aliphatic heterocycles. The summed E-state index contributed by atoms with van der Waals surface area (Å²) < 4.78 is 41.4. The van der Waals surface area contributed by atoms with Gasteiger partial charge in [0.1, 0.15) is 5.75 Å². The van der Waals surface area contributed by atoms with Gasteiger partial charge < -0.3 is 14.0 Å². The summed E-state index contributed by atoms with van der Waals surface area (Å²) in [4.78, 5) is 16.1. The molecule has 3 rings (SSSR count). The van der Waals surface area contributed by atoms with Gasteiger partial charge in [0.05, 0.1) is 17.7 Å². The van der Waals surface area contributed by atoms with Gasteiger partial charge in [0.25, 0.3) is 5.89 Å². The fourth-order valence-electron chi connectivity index (χ4n) is 2.08. The van der Waals surface area contributed by atoms with E-state index >= 15 is 0 Å². The minimum Gasteiger partial charge on any atom is -0.497 e. The number of methoxy groups -OCH3 is 1. The average molecular weight is 381 g/mol. The first-order chi connectivity index (χ1) is 12.5. The SMILES string of the molecule is COc1cccc(-c2noc(COC(=O)c3cc(F)c(F)cc3Cl)n2)c1. The molecule has 0 amide bonds. The molecule has 1 heterocycles. The Bertz CT molecular complexity index is 962. The molecule has 2 aromatic carbocycles. The van der Waals surface area contributed by atoms with Crippen LogP contribution in [0.3, 0.4) is 0 Å². The van der Waals surface area contributed by atoms with E-state index in [1.165, 1.54) is 7.11 Å². The molecule has 0 saturated carbocycles. The third kappa shape index (κ3) is 3.80. The molecule has 0 bridgehead atoms. The van der Waals surface area contributed by atoms with Gasteiger partial charge in [-0.25, -0.2) is 13.6 Å². The Hall–Kier alpha value is -3.00. The van der Waals surface area contributed by atoms with Crippen molar-refractivity contribution in [3.05, 3.63) is 64.5 Å². The van der Waals surface area contributed by atoms with Crippen molar-refractivity contribution in [2.45, 2.75) is 6.61 Å². The quantitative estimate of drug-likeness (QED) is 0.491. The first-order valence-electron chi connectivity index (χ1n) is 7.26. The number of benzene rings is 2. The maximum absolute atomic E-state index is 13.2. The van der Waals surface area contributed by atoms with Crippen molar-refractivity contribution in [3.63, 3.8) is 0 Å². The normalized spacial score (nSPS) is 10.6. The van der Waals surface area contributed by atoms with Crippen LogP contribution in [0.25, 0.3) is 11.4 Å². The zero-order valence-corrected chi connectivity index (χ0v) is 14.1. The number of aromatic nitrogens is 2. The molecule has 6 nitrogen and oxygen atoms in total. The molecule has 0 unspecified atom stereocenters. The standard InChI is InChI=1S/C17H11ClF2N2O4/c1-24-10-4-2-3-9(5-10)16-21-15(26-22-16)8-25-17(23)11-6-13(19)14(20)7-12(11)18/h2-7H,8H2,1H3. The Kier molecular flexibility index (Phi) is 5.13. The van der Waals surface area contributed by atoms with Gasteiger partial charge >= 0.3 is 5.97 Å². The van der Waals surface area contributed by atoms with Gasteiger partial charge in [0.15, 0.2) is 18.2 Å². The van der Waals surface area contributed by atoms with Gasteiger partial charge in [-0.15, -0.1) is 0 Å². The summed E-state index contributed by atoms with van der Waals surface area (Å²) >= 11 is 5.72. The minimum absolute atomic E-state index is 0.0230. The monoisotopic (exact) mass is 380 g/mol. The van der Waals surface area contributed by atoms with Crippen LogP contribution >= 0.6 is 11.6 Å². The van der Waals surface area contributed by atoms with Crippen molar-refractivity contribution in [2.24, 2.45) is 0 Å². The molecule has 134 valence electrons. The smallest absolute Gasteiger partial charge is 0.340 e. The first kappa shape index (κ1) is 17.8. The van der Waals surface area contributed by atoms with E-state index in [2.05, 4.69) is 10.1 Å². The van der Waals surface area contributed by atoms with Crippen molar-refractivity contribution < 1.29 is 27.6 Å². The van der Waals surface area contributed by atoms with E-state index in [0.717, 1.165) is 0 Å². The molecular weight excluding hydrogens is 370 g/mol. The highest BCUT2D eigenvalue weighted by Gasteiger charge is 2.18. The Morgan fingerprint density at radius 2 is 2.00 bits per heavy atom. The summed E-state index contributed by atoms with van der Waals surface area (Å²) in [5.41, 5.74) is 0.340. The minimum atomic E-state index is -1.21. The maximum atomic E-state index is 13.2. The summed E-state index contributed by atoms with van der Waals surface area (Å²) in [6, 6.07) is 8.34. The fraction of sp³-hybridized carbons (Fsp3) is 0.118. The molecule has 9 heteroatoms. The summed E-state index contributed by atoms with van der Waals surface area (Å²) in [6.45, 7) is -0.356. The van der Waals surface area contributed by atoms with Crippen molar-refractivity contribution in [1.29, 1.82) is 0 Å². The molecule has 0 saturated heterocycles. The van der Waals surface area contributed by atoms with E-state index in [4.69, 9.17) is 25.6 Å². The number of ether oxygens (including phenoxy) is 2. The molecule has 0 N–H and O–H groups in total. The lowest BCUT2D eigenvalue weighted by atomic mass is 10.2. The molecular formula is C17H11ClF2N2O4. The first-order valence-corrected chi connectivity index (χ1v) is 7.64. The van der Waals surface area contributed by atoms with Gasteiger partial charge in [-0.2, -0.15) is 4.98 Å². The number of nitrogens with zero attached hydrogens (tertiary/aromatic N) is 2. The zero-order chi connectivity index (χ0) is 18.7. The van der Waals surface area contributed by atoms with Gasteiger partial charge in [0, 0.05) is 5.56 Å². The number of halogens is 3. The Morgan fingerprint density at radius 3 is 2.77 bits per heavy atom. The van der Waals surface area contributed by atoms with Crippen LogP contribution in [0, 0.1) is 11.6 Å². The molecule has 0 spiro atoms. The van der Waals surface area contributed by atoms with Crippen LogP contribution in [0.2, 0.25) is 5.02 Å². The van der Waals surface area contributed by atoms with Crippen LogP contribution < -0.4 is 4.74 Å². The molecule has 0 fully saturated rings. The second-order valence-corrected chi connectivity index (χ2v) is 5.47. The number of hydrogen-bond acceptors (Lipinski definition) is 6. The Labute approximate surface area is 151 Å². The molecule has 1 aromatic heterocycles. The highest BCUT2D eigenvalue weighted by Crippen LogP contribution is 2.23. The van der Waals surface area contributed by atoms with Gasteiger partial charge in [0.2, 0.25) is 5.82 Å². The number of carbonyl (C=O) groups excluding carboxylic acids is 1. The Balaban J connectivity index is 1.70. The molecule has 0 aliphatic rings. The number of hydrogen-bond donors (Lipinski definition) is 0. The van der Waals surface area contributed by atoms with Gasteiger partial charge in [-0.1, -0.05) is 28.9 Å². The highest BCUT2D eigenvalue weighted by atomic mass is 35.5. The second kappa shape index (κ2) is 7.49. The fourth-order valence-corrected chi connectivity index (χ4v) is 2.30. The summed E-state index contributed by atoms with van der Waals surface area (Å²) in [7, 11) is 1.53. The lowest BCUT2D eigenvalue weighted by Gasteiger charge is -2.04. The van der Waals surface area contributed by atoms with E-state index in [1.807, 2.05) is 0 Å². The van der Waals surface area contributed by atoms with Crippen molar-refractivity contribution in [2.75, 3.05) is 7.11 Å². The van der Waals surface area contributed by atoms with Crippen LogP contribution in [0.5, 0.6) is 5.75 Å². The topological polar surface area (TPSA) is 74.5 Å². The third-order valence-electron chi connectivity index (χ3n) is 3.35. The largest absolute Gasteiger partial charge is 0.497 e. The number of esters is 1. The molecule has 26 heavy (non-hydrogen) atoms. The number of rotatable bonds is 5. The van der Waals surface area contributed by atoms with Crippen LogP contribution in [0.15, 0.2) is 40.9 Å². The molecule has 0 radical (unpaired) electrons. The third-order valence-corrected chi connectivity index (χ3v) is 3.67. The van der Waals surface area contributed by atoms with Crippen LogP contribution in [0.4, 0.5) is 8.78 Å². The van der Waals surface area contributed by atoms with Crippen LogP contribution in [0.1, 0.15) is 16.2 Å². The highest BCUT2D eigenvalue weighted by molar-refractivity contribution is 6.33. The second-order valence-electron chi connectivity index (χ2n) is 5.07. The van der Waals surface area contributed by atoms with Crippen molar-refractivity contribution in [3.8, 4) is 17.1 Å². The van der Waals surface area contributed by atoms with Gasteiger partial charge in [-0.3, -0.25) is 0 Å². The lowest BCUT2D eigenvalue weighted by molar-refractivity contribution is 0.0429. The predicted octanol–water partition coefficient (Wildman–Crippen LogP) is 4.03. The summed E-state index contributed by atoms with van der Waals surface area (Å²) in [5, 5.41) is 3.52. The predicted molar refractivity (Wildman–Crippen MR) is 86.8 cm³/mol. The summed E-state index contributed by atoms with van der Waals surface area (Å²) in [5.74, 6) is -2.40. The van der Waals surface area contributed by atoms with Crippen LogP contribution in [-0.4, -0.2) is 23.2 Å². The van der Waals surface area contributed by atoms with E-state index in [9.17, 15) is 13.6 Å². The van der Waals surface area contributed by atoms with E-state index < -0.39 is 17.6 Å². The molecule has 0 aliphatic carbocycles. The van der Waals surface area contributed by atoms with E-state index in [0.29, 0.717) is 23.4 Å². The van der Waals surface area contributed by atoms with Crippen molar-refractivity contribution >= 4 is 17.6 Å². The Morgan fingerprint density at radius 1 is 1.23 bits per heavy atom. The van der Waals surface area contributed by atoms with Crippen LogP contribution in [-0.2, 0) is 11.3 Å². The zero-order valence-electron chi connectivity index (χ0n) is 13.3. The maximum Gasteiger partial charge on any atom is 0.340 e. The van der Waals surface area contributed by atoms with E-state index in [1.54, 1.807) is 24.3 Å².